The summed E-state index contributed by atoms with van der Waals surface area (Å²) < 4.78 is 52.3. The van der Waals surface area contributed by atoms with E-state index in [1.54, 1.807) is 12.1 Å². The van der Waals surface area contributed by atoms with Crippen molar-refractivity contribution in [1.29, 1.82) is 0 Å². The maximum Gasteiger partial charge on any atom is 0.416 e. The number of hydrogen-bond acceptors (Lipinski definition) is 1. The van der Waals surface area contributed by atoms with Gasteiger partial charge in [0.15, 0.2) is 0 Å². The number of rotatable bonds is 3. The molecule has 0 heterocycles. The average Bonchev–Trinajstić information content (AvgIpc) is 2.37. The van der Waals surface area contributed by atoms with Gasteiger partial charge in [-0.1, -0.05) is 40.2 Å². The Morgan fingerprint density at radius 2 is 1.76 bits per heavy atom. The van der Waals surface area contributed by atoms with Crippen LogP contribution in [0.3, 0.4) is 0 Å². The van der Waals surface area contributed by atoms with Gasteiger partial charge in [-0.3, -0.25) is 0 Å². The molecule has 2 N–H and O–H groups in total. The van der Waals surface area contributed by atoms with Crippen molar-refractivity contribution >= 4 is 15.9 Å². The average molecular weight is 362 g/mol. The fourth-order valence-corrected chi connectivity index (χ4v) is 2.73. The number of halogens is 5. The number of benzene rings is 2. The van der Waals surface area contributed by atoms with Crippen LogP contribution < -0.4 is 5.73 Å². The number of nitrogens with two attached hydrogens (primary N) is 1. The first-order chi connectivity index (χ1) is 9.79. The molecule has 2 aromatic rings. The van der Waals surface area contributed by atoms with E-state index in [4.69, 9.17) is 5.73 Å². The van der Waals surface area contributed by atoms with Crippen molar-refractivity contribution in [1.82, 2.24) is 0 Å². The Morgan fingerprint density at radius 3 is 2.38 bits per heavy atom. The molecule has 112 valence electrons. The highest BCUT2D eigenvalue weighted by atomic mass is 79.9. The predicted molar refractivity (Wildman–Crippen MR) is 76.2 cm³/mol. The van der Waals surface area contributed by atoms with E-state index in [2.05, 4.69) is 15.9 Å². The summed E-state index contributed by atoms with van der Waals surface area (Å²) in [6, 6.07) is 8.61. The molecule has 21 heavy (non-hydrogen) atoms. The molecule has 2 rings (SSSR count). The van der Waals surface area contributed by atoms with E-state index in [1.807, 2.05) is 0 Å². The molecule has 1 atom stereocenters. The van der Waals surface area contributed by atoms with Gasteiger partial charge in [0.2, 0.25) is 0 Å². The minimum absolute atomic E-state index is 0.115. The van der Waals surface area contributed by atoms with Crippen LogP contribution in [0.4, 0.5) is 17.6 Å². The van der Waals surface area contributed by atoms with Gasteiger partial charge in [0.05, 0.1) is 5.56 Å². The van der Waals surface area contributed by atoms with Crippen molar-refractivity contribution < 1.29 is 17.6 Å². The highest BCUT2D eigenvalue weighted by molar-refractivity contribution is 9.10. The standard InChI is InChI=1S/C15H12BrF4N/c16-11-5-2-6-12(17)14(11)13(21)8-9-3-1-4-10(7-9)15(18,19)20/h1-7,13H,8,21H2. The first-order valence-corrected chi connectivity index (χ1v) is 6.94. The van der Waals surface area contributed by atoms with Crippen LogP contribution in [0.2, 0.25) is 0 Å². The van der Waals surface area contributed by atoms with Gasteiger partial charge in [0.1, 0.15) is 5.82 Å². The van der Waals surface area contributed by atoms with Crippen molar-refractivity contribution in [3.05, 3.63) is 69.4 Å². The predicted octanol–water partition coefficient (Wildman–Crippen LogP) is 4.85. The highest BCUT2D eigenvalue weighted by Crippen LogP contribution is 2.31. The summed E-state index contributed by atoms with van der Waals surface area (Å²) >= 11 is 3.21. The van der Waals surface area contributed by atoms with E-state index in [9.17, 15) is 17.6 Å². The van der Waals surface area contributed by atoms with Gasteiger partial charge in [-0.2, -0.15) is 13.2 Å². The van der Waals surface area contributed by atoms with E-state index in [0.29, 0.717) is 10.0 Å². The molecule has 6 heteroatoms. The van der Waals surface area contributed by atoms with Crippen LogP contribution in [0.1, 0.15) is 22.7 Å². The Hall–Kier alpha value is -1.40. The molecule has 0 amide bonds. The first kappa shape index (κ1) is 16.0. The summed E-state index contributed by atoms with van der Waals surface area (Å²) in [5.41, 5.74) is 5.87. The Bertz CT molecular complexity index is 620. The van der Waals surface area contributed by atoms with E-state index in [0.717, 1.165) is 12.1 Å². The Morgan fingerprint density at radius 1 is 1.10 bits per heavy atom. The Balaban J connectivity index is 2.26. The van der Waals surface area contributed by atoms with Crippen LogP contribution in [-0.4, -0.2) is 0 Å². The summed E-state index contributed by atoms with van der Waals surface area (Å²) in [6.07, 6.45) is -4.29. The van der Waals surface area contributed by atoms with Crippen LogP contribution in [0.25, 0.3) is 0 Å². The molecule has 0 spiro atoms. The molecule has 1 nitrogen and oxygen atoms in total. The summed E-state index contributed by atoms with van der Waals surface area (Å²) in [5, 5.41) is 0. The van der Waals surface area contributed by atoms with Gasteiger partial charge < -0.3 is 5.73 Å². The fourth-order valence-electron chi connectivity index (χ4n) is 2.10. The van der Waals surface area contributed by atoms with E-state index < -0.39 is 23.6 Å². The summed E-state index contributed by atoms with van der Waals surface area (Å²) in [4.78, 5) is 0. The van der Waals surface area contributed by atoms with Gasteiger partial charge >= 0.3 is 6.18 Å². The minimum Gasteiger partial charge on any atom is -0.324 e. The highest BCUT2D eigenvalue weighted by Gasteiger charge is 2.30. The molecule has 0 aliphatic rings. The summed E-state index contributed by atoms with van der Waals surface area (Å²) in [6.45, 7) is 0. The van der Waals surface area contributed by atoms with Crippen LogP contribution in [0, 0.1) is 5.82 Å². The number of alkyl halides is 3. The third kappa shape index (κ3) is 3.83. The van der Waals surface area contributed by atoms with Gasteiger partial charge in [-0.05, 0) is 30.2 Å². The van der Waals surface area contributed by atoms with Crippen molar-refractivity contribution in [3.63, 3.8) is 0 Å². The molecular weight excluding hydrogens is 350 g/mol. The Kier molecular flexibility index (Phi) is 4.68. The molecule has 0 saturated heterocycles. The first-order valence-electron chi connectivity index (χ1n) is 6.14. The van der Waals surface area contributed by atoms with Crippen molar-refractivity contribution in [2.24, 2.45) is 5.73 Å². The normalized spacial score (nSPS) is 13.2. The lowest BCUT2D eigenvalue weighted by Gasteiger charge is -2.16. The molecule has 1 unspecified atom stereocenters. The zero-order valence-corrected chi connectivity index (χ0v) is 12.4. The van der Waals surface area contributed by atoms with Crippen molar-refractivity contribution in [3.8, 4) is 0 Å². The molecule has 0 radical (unpaired) electrons. The summed E-state index contributed by atoms with van der Waals surface area (Å²) in [5.74, 6) is -0.483. The maximum atomic E-state index is 13.8. The van der Waals surface area contributed by atoms with Gasteiger partial charge in [0, 0.05) is 16.1 Å². The van der Waals surface area contributed by atoms with E-state index in [-0.39, 0.29) is 12.0 Å². The lowest BCUT2D eigenvalue weighted by atomic mass is 9.98. The molecule has 0 bridgehead atoms. The minimum atomic E-state index is -4.40. The second kappa shape index (κ2) is 6.15. The zero-order chi connectivity index (χ0) is 15.6. The maximum absolute atomic E-state index is 13.8. The van der Waals surface area contributed by atoms with Gasteiger partial charge in [-0.25, -0.2) is 4.39 Å². The van der Waals surface area contributed by atoms with Gasteiger partial charge in [0.25, 0.3) is 0 Å². The van der Waals surface area contributed by atoms with E-state index in [1.165, 1.54) is 18.2 Å². The topological polar surface area (TPSA) is 26.0 Å². The lowest BCUT2D eigenvalue weighted by molar-refractivity contribution is -0.137. The zero-order valence-electron chi connectivity index (χ0n) is 10.8. The Labute approximate surface area is 127 Å². The third-order valence-electron chi connectivity index (χ3n) is 3.08. The second-order valence-corrected chi connectivity index (χ2v) is 5.50. The molecule has 0 saturated carbocycles. The molecule has 0 aliphatic heterocycles. The lowest BCUT2D eigenvalue weighted by Crippen LogP contribution is -2.16. The molecule has 0 aromatic heterocycles. The quantitative estimate of drug-likeness (QED) is 0.777. The number of hydrogen-bond donors (Lipinski definition) is 1. The van der Waals surface area contributed by atoms with Crippen LogP contribution in [0.5, 0.6) is 0 Å². The molecule has 0 aliphatic carbocycles. The summed E-state index contributed by atoms with van der Waals surface area (Å²) in [7, 11) is 0. The van der Waals surface area contributed by atoms with Crippen LogP contribution in [0.15, 0.2) is 46.9 Å². The molecule has 0 fully saturated rings. The SMILES string of the molecule is NC(Cc1cccc(C(F)(F)F)c1)c1c(F)cccc1Br. The fraction of sp³-hybridized carbons (Fsp3) is 0.200. The van der Waals surface area contributed by atoms with Crippen molar-refractivity contribution in [2.75, 3.05) is 0 Å². The second-order valence-electron chi connectivity index (χ2n) is 4.64. The smallest absolute Gasteiger partial charge is 0.324 e. The largest absolute Gasteiger partial charge is 0.416 e. The van der Waals surface area contributed by atoms with Gasteiger partial charge in [-0.15, -0.1) is 0 Å². The van der Waals surface area contributed by atoms with Crippen LogP contribution >= 0.6 is 15.9 Å². The van der Waals surface area contributed by atoms with Crippen molar-refractivity contribution in [2.45, 2.75) is 18.6 Å². The molecule has 2 aromatic carbocycles. The third-order valence-corrected chi connectivity index (χ3v) is 3.77. The van der Waals surface area contributed by atoms with Crippen LogP contribution in [-0.2, 0) is 12.6 Å². The monoisotopic (exact) mass is 361 g/mol. The molecular formula is C15H12BrF4N. The van der Waals surface area contributed by atoms with E-state index >= 15 is 0 Å².